The van der Waals surface area contributed by atoms with Crippen molar-refractivity contribution >= 4 is 17.0 Å². The highest BCUT2D eigenvalue weighted by Crippen LogP contribution is 2.35. The van der Waals surface area contributed by atoms with Gasteiger partial charge in [0.05, 0.1) is 18.5 Å². The first-order valence-corrected chi connectivity index (χ1v) is 13.7. The fourth-order valence-electron chi connectivity index (χ4n) is 5.51. The number of rotatable bonds is 8. The van der Waals surface area contributed by atoms with E-state index in [9.17, 15) is 4.79 Å². The molecule has 8 nitrogen and oxygen atoms in total. The Labute approximate surface area is 229 Å². The molecular formula is C31H37N5O3. The summed E-state index contributed by atoms with van der Waals surface area (Å²) in [5.74, 6) is 0.375. The molecule has 1 aliphatic rings. The maximum Gasteiger partial charge on any atom is 0.306 e. The highest BCUT2D eigenvalue weighted by Gasteiger charge is 2.26. The van der Waals surface area contributed by atoms with Gasteiger partial charge >= 0.3 is 5.97 Å². The molecule has 2 aromatic heterocycles. The average molecular weight is 528 g/mol. The van der Waals surface area contributed by atoms with Crippen LogP contribution in [0.15, 0.2) is 48.7 Å². The zero-order chi connectivity index (χ0) is 27.5. The third-order valence-corrected chi connectivity index (χ3v) is 7.74. The third-order valence-electron chi connectivity index (χ3n) is 7.74. The van der Waals surface area contributed by atoms with Crippen LogP contribution in [0.5, 0.6) is 5.88 Å². The topological polar surface area (TPSA) is 82.4 Å². The Morgan fingerprint density at radius 3 is 2.82 bits per heavy atom. The molecule has 204 valence electrons. The zero-order valence-electron chi connectivity index (χ0n) is 23.5. The fraction of sp³-hybridized carbons (Fsp3) is 0.419. The van der Waals surface area contributed by atoms with Crippen molar-refractivity contribution < 1.29 is 14.3 Å². The summed E-state index contributed by atoms with van der Waals surface area (Å²) >= 11 is 0. The van der Waals surface area contributed by atoms with E-state index in [0.717, 1.165) is 65.2 Å². The lowest BCUT2D eigenvalue weighted by atomic mass is 9.84. The highest BCUT2D eigenvalue weighted by atomic mass is 16.5. The van der Waals surface area contributed by atoms with Gasteiger partial charge in [0.2, 0.25) is 5.88 Å². The molecule has 0 bridgehead atoms. The Morgan fingerprint density at radius 2 is 2.03 bits per heavy atom. The molecular weight excluding hydrogens is 490 g/mol. The van der Waals surface area contributed by atoms with Gasteiger partial charge < -0.3 is 9.47 Å². The normalized spacial score (nSPS) is 16.4. The number of carbonyl (C=O) groups is 1. The number of ether oxygens (including phenoxy) is 2. The van der Waals surface area contributed by atoms with E-state index in [1.165, 1.54) is 11.1 Å². The van der Waals surface area contributed by atoms with Gasteiger partial charge in [0.25, 0.3) is 0 Å². The quantitative estimate of drug-likeness (QED) is 0.290. The second-order valence-corrected chi connectivity index (χ2v) is 10.4. The number of benzene rings is 2. The molecule has 4 aromatic rings. The van der Waals surface area contributed by atoms with Crippen molar-refractivity contribution in [1.29, 1.82) is 0 Å². The summed E-state index contributed by atoms with van der Waals surface area (Å²) in [5.41, 5.74) is 8.60. The number of aryl methyl sites for hydroxylation is 3. The fourth-order valence-corrected chi connectivity index (χ4v) is 5.51. The molecule has 8 heteroatoms. The molecule has 2 aromatic carbocycles. The molecule has 0 aliphatic carbocycles. The molecule has 1 aliphatic heterocycles. The molecule has 5 rings (SSSR count). The van der Waals surface area contributed by atoms with E-state index in [0.29, 0.717) is 6.61 Å². The van der Waals surface area contributed by atoms with Crippen LogP contribution in [0.25, 0.3) is 11.0 Å². The van der Waals surface area contributed by atoms with Gasteiger partial charge in [-0.15, -0.1) is 5.10 Å². The molecule has 0 amide bonds. The second-order valence-electron chi connectivity index (χ2n) is 10.4. The first kappa shape index (κ1) is 26.8. The number of fused-ring (bicyclic) bond motifs is 2. The van der Waals surface area contributed by atoms with Crippen LogP contribution in [0.4, 0.5) is 0 Å². The van der Waals surface area contributed by atoms with Crippen LogP contribution >= 0.6 is 0 Å². The smallest absolute Gasteiger partial charge is 0.306 e. The summed E-state index contributed by atoms with van der Waals surface area (Å²) in [5, 5.41) is 8.60. The second kappa shape index (κ2) is 11.5. The van der Waals surface area contributed by atoms with E-state index >= 15 is 0 Å². The van der Waals surface area contributed by atoms with Crippen molar-refractivity contribution in [3.8, 4) is 5.88 Å². The summed E-state index contributed by atoms with van der Waals surface area (Å²) in [6.45, 7) is 10.9. The number of carbonyl (C=O) groups excluding carboxylic acids is 1. The van der Waals surface area contributed by atoms with Crippen molar-refractivity contribution in [3.05, 3.63) is 82.0 Å². The Kier molecular flexibility index (Phi) is 7.93. The monoisotopic (exact) mass is 527 g/mol. The molecule has 0 saturated heterocycles. The lowest BCUT2D eigenvalue weighted by molar-refractivity contribution is -0.143. The van der Waals surface area contributed by atoms with Crippen LogP contribution < -0.4 is 4.74 Å². The Morgan fingerprint density at radius 1 is 1.18 bits per heavy atom. The minimum atomic E-state index is -0.206. The van der Waals surface area contributed by atoms with Gasteiger partial charge in [-0.25, -0.2) is 9.67 Å². The van der Waals surface area contributed by atoms with Gasteiger partial charge in [-0.1, -0.05) is 42.5 Å². The molecule has 39 heavy (non-hydrogen) atoms. The first-order chi connectivity index (χ1) is 18.9. The van der Waals surface area contributed by atoms with Gasteiger partial charge in [0.1, 0.15) is 11.6 Å². The lowest BCUT2D eigenvalue weighted by Crippen LogP contribution is -2.32. The number of aromatic nitrogens is 4. The van der Waals surface area contributed by atoms with E-state index in [2.05, 4.69) is 71.3 Å². The predicted molar refractivity (Wildman–Crippen MR) is 151 cm³/mol. The number of pyridine rings is 1. The summed E-state index contributed by atoms with van der Waals surface area (Å²) in [6.07, 6.45) is 3.05. The highest BCUT2D eigenvalue weighted by molar-refractivity contribution is 5.80. The number of nitrogens with zero attached hydrogens (tertiary/aromatic N) is 5. The van der Waals surface area contributed by atoms with Gasteiger partial charge in [-0.3, -0.25) is 9.69 Å². The SMILES string of the molecule is CCOC(=O)CC(c1ccc(C)c(CN2Cc3cccnc3O[C@H](CC)C2)c1)c1ccc2c(nnn2C)c1C. The number of hydrogen-bond donors (Lipinski definition) is 0. The predicted octanol–water partition coefficient (Wildman–Crippen LogP) is 5.24. The molecule has 3 heterocycles. The largest absolute Gasteiger partial charge is 0.473 e. The van der Waals surface area contributed by atoms with Gasteiger partial charge in [0.15, 0.2) is 0 Å². The summed E-state index contributed by atoms with van der Waals surface area (Å²) in [6, 6.07) is 14.8. The molecule has 2 atom stereocenters. The average Bonchev–Trinajstić information content (AvgIpc) is 3.20. The Balaban J connectivity index is 1.50. The standard InChI is InChI=1S/C31H37N5O3/c1-6-25-19-36(17-23-9-8-14-32-31(23)39-25)18-24-15-22(11-10-20(24)3)27(16-29(37)38-7-2)26-12-13-28-30(21(26)4)33-34-35(28)5/h8-15,25,27H,6-7,16-19H2,1-5H3/t25-,27?/m1/s1. The summed E-state index contributed by atoms with van der Waals surface area (Å²) in [7, 11) is 1.89. The molecule has 0 spiro atoms. The lowest BCUT2D eigenvalue weighted by Gasteiger charge is -2.25. The van der Waals surface area contributed by atoms with Crippen LogP contribution in [0.1, 0.15) is 66.0 Å². The van der Waals surface area contributed by atoms with Crippen molar-refractivity contribution in [2.24, 2.45) is 7.05 Å². The maximum atomic E-state index is 12.8. The Bertz CT molecular complexity index is 1480. The minimum absolute atomic E-state index is 0.0857. The van der Waals surface area contributed by atoms with E-state index < -0.39 is 0 Å². The van der Waals surface area contributed by atoms with Gasteiger partial charge in [-0.2, -0.15) is 0 Å². The van der Waals surface area contributed by atoms with Crippen molar-refractivity contribution in [2.75, 3.05) is 13.2 Å². The maximum absolute atomic E-state index is 12.8. The zero-order valence-corrected chi connectivity index (χ0v) is 23.5. The van der Waals surface area contributed by atoms with Crippen LogP contribution in [-0.2, 0) is 29.7 Å². The van der Waals surface area contributed by atoms with Crippen LogP contribution in [0.2, 0.25) is 0 Å². The molecule has 0 saturated carbocycles. The molecule has 1 unspecified atom stereocenters. The third kappa shape index (κ3) is 5.66. The van der Waals surface area contributed by atoms with Gasteiger partial charge in [-0.05, 0) is 67.1 Å². The summed E-state index contributed by atoms with van der Waals surface area (Å²) < 4.78 is 13.4. The van der Waals surface area contributed by atoms with E-state index in [1.807, 2.05) is 26.1 Å². The first-order valence-electron chi connectivity index (χ1n) is 13.7. The van der Waals surface area contributed by atoms with E-state index in [4.69, 9.17) is 9.47 Å². The van der Waals surface area contributed by atoms with Crippen molar-refractivity contribution in [3.63, 3.8) is 0 Å². The van der Waals surface area contributed by atoms with E-state index in [1.54, 1.807) is 10.9 Å². The Hall–Kier alpha value is -3.78. The molecule has 0 radical (unpaired) electrons. The van der Waals surface area contributed by atoms with E-state index in [-0.39, 0.29) is 24.4 Å². The molecule has 0 fully saturated rings. The van der Waals surface area contributed by atoms with Crippen LogP contribution in [0.3, 0.4) is 0 Å². The molecule has 0 N–H and O–H groups in total. The number of esters is 1. The van der Waals surface area contributed by atoms with Crippen LogP contribution in [0, 0.1) is 13.8 Å². The van der Waals surface area contributed by atoms with Crippen molar-refractivity contribution in [2.45, 2.75) is 65.6 Å². The van der Waals surface area contributed by atoms with Crippen molar-refractivity contribution in [1.82, 2.24) is 24.9 Å². The number of hydrogen-bond acceptors (Lipinski definition) is 7. The van der Waals surface area contributed by atoms with Gasteiger partial charge in [0, 0.05) is 44.4 Å². The summed E-state index contributed by atoms with van der Waals surface area (Å²) in [4.78, 5) is 19.7. The minimum Gasteiger partial charge on any atom is -0.473 e. The van der Waals surface area contributed by atoms with Crippen LogP contribution in [-0.4, -0.2) is 50.1 Å².